The summed E-state index contributed by atoms with van der Waals surface area (Å²) in [5.41, 5.74) is 2.94. The van der Waals surface area contributed by atoms with Crippen molar-refractivity contribution in [1.29, 1.82) is 0 Å². The molecule has 2 aliphatic heterocycles. The van der Waals surface area contributed by atoms with Crippen LogP contribution in [0.4, 0.5) is 26.2 Å². The molecule has 0 bridgehead atoms. The van der Waals surface area contributed by atoms with Crippen LogP contribution in [0.5, 0.6) is 5.88 Å². The molecule has 200 valence electrons. The fourth-order valence-electron chi connectivity index (χ4n) is 4.70. The number of cyclic esters (lactones) is 1. The number of piperazine rings is 1. The second-order valence-electron chi connectivity index (χ2n) is 9.29. The first-order chi connectivity index (χ1) is 18.3. The molecule has 10 nitrogen and oxygen atoms in total. The summed E-state index contributed by atoms with van der Waals surface area (Å²) in [6, 6.07) is 12.7. The van der Waals surface area contributed by atoms with Crippen LogP contribution < -0.4 is 24.9 Å². The van der Waals surface area contributed by atoms with Gasteiger partial charge < -0.3 is 25.0 Å². The highest BCUT2D eigenvalue weighted by Crippen LogP contribution is 2.29. The molecule has 1 atom stereocenters. The number of aromatic amines is 1. The van der Waals surface area contributed by atoms with Gasteiger partial charge in [-0.2, -0.15) is 0 Å². The second-order valence-corrected chi connectivity index (χ2v) is 10.4. The van der Waals surface area contributed by atoms with Gasteiger partial charge in [0.05, 0.1) is 29.3 Å². The molecule has 1 aromatic heterocycles. The molecule has 3 aromatic rings. The molecule has 0 unspecified atom stereocenters. The molecule has 12 heteroatoms. The highest BCUT2D eigenvalue weighted by molar-refractivity contribution is 7.09. The van der Waals surface area contributed by atoms with Crippen molar-refractivity contribution >= 4 is 40.4 Å². The lowest BCUT2D eigenvalue weighted by Gasteiger charge is -2.37. The Kier molecular flexibility index (Phi) is 7.23. The van der Waals surface area contributed by atoms with Crippen molar-refractivity contribution in [3.8, 4) is 5.88 Å². The first-order valence-corrected chi connectivity index (χ1v) is 13.1. The van der Waals surface area contributed by atoms with E-state index in [0.717, 1.165) is 22.6 Å². The summed E-state index contributed by atoms with van der Waals surface area (Å²) in [6.45, 7) is 4.53. The number of carbonyl (C=O) groups is 2. The van der Waals surface area contributed by atoms with Gasteiger partial charge in [-0.25, -0.2) is 9.18 Å². The van der Waals surface area contributed by atoms with Crippen LogP contribution in [0.1, 0.15) is 17.4 Å². The molecule has 5 rings (SSSR count). The summed E-state index contributed by atoms with van der Waals surface area (Å²) in [5.74, 6) is -0.693. The summed E-state index contributed by atoms with van der Waals surface area (Å²) in [6.07, 6.45) is -0.569. The number of anilines is 3. The summed E-state index contributed by atoms with van der Waals surface area (Å²) in [4.78, 5) is 43.1. The van der Waals surface area contributed by atoms with Crippen LogP contribution in [0.25, 0.3) is 0 Å². The van der Waals surface area contributed by atoms with Gasteiger partial charge in [-0.15, -0.1) is 0 Å². The Morgan fingerprint density at radius 1 is 1.11 bits per heavy atom. The highest BCUT2D eigenvalue weighted by atomic mass is 32.1. The molecule has 0 radical (unpaired) electrons. The Balaban J connectivity index is 1.17. The van der Waals surface area contributed by atoms with Crippen LogP contribution in [0.15, 0.2) is 47.3 Å². The normalized spacial score (nSPS) is 17.6. The van der Waals surface area contributed by atoms with Crippen molar-refractivity contribution in [2.45, 2.75) is 19.4 Å². The number of nitrogens with one attached hydrogen (secondary N) is 2. The number of halogens is 1. The van der Waals surface area contributed by atoms with Crippen molar-refractivity contribution in [3.05, 3.63) is 68.4 Å². The van der Waals surface area contributed by atoms with Gasteiger partial charge >= 0.3 is 11.0 Å². The zero-order valence-electron chi connectivity index (χ0n) is 20.8. The zero-order chi connectivity index (χ0) is 26.8. The van der Waals surface area contributed by atoms with Gasteiger partial charge in [0.2, 0.25) is 11.8 Å². The minimum Gasteiger partial charge on any atom is -0.494 e. The van der Waals surface area contributed by atoms with Crippen LogP contribution in [0.2, 0.25) is 0 Å². The molecule has 2 aromatic carbocycles. The molecule has 38 heavy (non-hydrogen) atoms. The van der Waals surface area contributed by atoms with Crippen LogP contribution in [0.3, 0.4) is 0 Å². The van der Waals surface area contributed by atoms with E-state index in [2.05, 4.69) is 15.2 Å². The second kappa shape index (κ2) is 10.7. The molecule has 0 saturated carbocycles. The zero-order valence-corrected chi connectivity index (χ0v) is 21.6. The number of hydrogen-bond donors (Lipinski definition) is 3. The van der Waals surface area contributed by atoms with Crippen molar-refractivity contribution in [2.24, 2.45) is 0 Å². The Bertz CT molecular complexity index is 1380. The van der Waals surface area contributed by atoms with E-state index in [1.807, 2.05) is 29.2 Å². The third-order valence-electron chi connectivity index (χ3n) is 6.68. The average Bonchev–Trinajstić information content (AvgIpc) is 3.43. The monoisotopic (exact) mass is 541 g/mol. The summed E-state index contributed by atoms with van der Waals surface area (Å²) in [5, 5.41) is 12.4. The van der Waals surface area contributed by atoms with E-state index in [1.165, 1.54) is 17.9 Å². The lowest BCUT2D eigenvalue weighted by Crippen LogP contribution is -2.46. The minimum absolute atomic E-state index is 0.0769. The molecule has 2 fully saturated rings. The number of hydrogen-bond acceptors (Lipinski definition) is 8. The lowest BCUT2D eigenvalue weighted by atomic mass is 10.1. The fourth-order valence-corrected chi connectivity index (χ4v) is 5.46. The summed E-state index contributed by atoms with van der Waals surface area (Å²) < 4.78 is 20.4. The topological polar surface area (TPSA) is 118 Å². The molecule has 2 amide bonds. The number of H-pyrrole nitrogens is 1. The SMILES string of the molecule is CC(=O)NC[C@H]1CN(c2ccc(N3CCN(c4ccc(Cc5sc(=O)[nH]c5O)cc4)CC3)c(F)c2)C(=O)O1. The number of amides is 2. The molecule has 3 heterocycles. The van der Waals surface area contributed by atoms with Crippen LogP contribution in [-0.4, -0.2) is 67.5 Å². The van der Waals surface area contributed by atoms with E-state index in [1.54, 1.807) is 12.1 Å². The van der Waals surface area contributed by atoms with Gasteiger partial charge in [0.25, 0.3) is 0 Å². The van der Waals surface area contributed by atoms with Gasteiger partial charge in [-0.3, -0.25) is 19.5 Å². The molecule has 0 spiro atoms. The standard InChI is InChI=1S/C26H28FN5O5S/c1-16(33)28-14-20-15-32(26(36)37-20)19-6-7-22(21(27)13-19)31-10-8-30(9-11-31)18-4-2-17(3-5-18)12-23-24(34)29-25(35)38-23/h2-7,13,20,34H,8-12,14-15H2,1H3,(H,28,33)(H,29,35)/t20-/m0/s1. The lowest BCUT2D eigenvalue weighted by molar-refractivity contribution is -0.119. The Morgan fingerprint density at radius 3 is 2.42 bits per heavy atom. The van der Waals surface area contributed by atoms with Crippen molar-refractivity contribution in [1.82, 2.24) is 10.3 Å². The third-order valence-corrected chi connectivity index (χ3v) is 7.55. The number of ether oxygens (including phenoxy) is 1. The number of carbonyl (C=O) groups excluding carboxylic acids is 2. The van der Waals surface area contributed by atoms with Gasteiger partial charge in [0.15, 0.2) is 0 Å². The van der Waals surface area contributed by atoms with Crippen LogP contribution in [-0.2, 0) is 16.0 Å². The minimum atomic E-state index is -0.562. The van der Waals surface area contributed by atoms with E-state index in [0.29, 0.717) is 48.9 Å². The number of benzene rings is 2. The molecule has 2 aliphatic rings. The fraction of sp³-hybridized carbons (Fsp3) is 0.346. The van der Waals surface area contributed by atoms with Gasteiger partial charge in [0, 0.05) is 45.2 Å². The number of nitrogens with zero attached hydrogens (tertiary/aromatic N) is 3. The van der Waals surface area contributed by atoms with E-state index >= 15 is 4.39 Å². The maximum atomic E-state index is 15.1. The molecule has 3 N–H and O–H groups in total. The predicted molar refractivity (Wildman–Crippen MR) is 143 cm³/mol. The Morgan fingerprint density at radius 2 is 1.79 bits per heavy atom. The first-order valence-electron chi connectivity index (χ1n) is 12.3. The van der Waals surface area contributed by atoms with Crippen molar-refractivity contribution in [2.75, 3.05) is 54.0 Å². The molecular formula is C26H28FN5O5S. The van der Waals surface area contributed by atoms with E-state index in [-0.39, 0.29) is 29.7 Å². The van der Waals surface area contributed by atoms with E-state index in [4.69, 9.17) is 4.74 Å². The third kappa shape index (κ3) is 5.59. The Labute approximate surface area is 222 Å². The van der Waals surface area contributed by atoms with E-state index in [9.17, 15) is 19.5 Å². The largest absolute Gasteiger partial charge is 0.494 e. The van der Waals surface area contributed by atoms with E-state index < -0.39 is 18.0 Å². The summed E-state index contributed by atoms with van der Waals surface area (Å²) >= 11 is 1.00. The molecule has 2 saturated heterocycles. The predicted octanol–water partition coefficient (Wildman–Crippen LogP) is 2.66. The number of rotatable bonds is 7. The quantitative estimate of drug-likeness (QED) is 0.421. The van der Waals surface area contributed by atoms with Gasteiger partial charge in [-0.1, -0.05) is 23.5 Å². The maximum absolute atomic E-state index is 15.1. The van der Waals surface area contributed by atoms with Crippen LogP contribution in [0, 0.1) is 5.82 Å². The van der Waals surface area contributed by atoms with Crippen molar-refractivity contribution < 1.29 is 23.8 Å². The molecular weight excluding hydrogens is 513 g/mol. The number of aromatic nitrogens is 1. The average molecular weight is 542 g/mol. The molecule has 0 aliphatic carbocycles. The van der Waals surface area contributed by atoms with Crippen LogP contribution >= 0.6 is 11.3 Å². The van der Waals surface area contributed by atoms with Gasteiger partial charge in [0.1, 0.15) is 11.9 Å². The number of thiazole rings is 1. The highest BCUT2D eigenvalue weighted by Gasteiger charge is 2.33. The summed E-state index contributed by atoms with van der Waals surface area (Å²) in [7, 11) is 0. The number of aromatic hydroxyl groups is 1. The Hall–Kier alpha value is -4.06. The smallest absolute Gasteiger partial charge is 0.414 e. The first kappa shape index (κ1) is 25.6. The maximum Gasteiger partial charge on any atom is 0.414 e. The van der Waals surface area contributed by atoms with Crippen molar-refractivity contribution in [3.63, 3.8) is 0 Å². The van der Waals surface area contributed by atoms with Gasteiger partial charge in [-0.05, 0) is 35.9 Å².